The van der Waals surface area contributed by atoms with Crippen LogP contribution in [0.15, 0.2) is 48.5 Å². The molecule has 0 saturated carbocycles. The third-order valence-corrected chi connectivity index (χ3v) is 6.16. The van der Waals surface area contributed by atoms with E-state index in [1.54, 1.807) is 0 Å². The van der Waals surface area contributed by atoms with E-state index in [4.69, 9.17) is 0 Å². The molecule has 4 heteroatoms. The Balaban J connectivity index is 1.44. The number of ketones is 1. The number of benzene rings is 2. The number of Topliss-reactive ketones (excluding diaryl/α,β-unsaturated/α-hetero) is 1. The summed E-state index contributed by atoms with van der Waals surface area (Å²) in [6.45, 7) is 0.926. The van der Waals surface area contributed by atoms with E-state index >= 15 is 0 Å². The number of halogens is 2. The van der Waals surface area contributed by atoms with Gasteiger partial charge in [0.15, 0.2) is 0 Å². The zero-order valence-corrected chi connectivity index (χ0v) is 15.4. The highest BCUT2D eigenvalue weighted by Crippen LogP contribution is 2.38. The second kappa shape index (κ2) is 7.89. The number of hydrogen-bond acceptors (Lipinski definition) is 2. The molecule has 2 nitrogen and oxygen atoms in total. The van der Waals surface area contributed by atoms with Crippen molar-refractivity contribution < 1.29 is 13.6 Å². The maximum Gasteiger partial charge on any atom is 0.140 e. The molecule has 2 saturated heterocycles. The summed E-state index contributed by atoms with van der Waals surface area (Å²) in [6.07, 6.45) is 5.09. The predicted molar refractivity (Wildman–Crippen MR) is 101 cm³/mol. The fourth-order valence-corrected chi connectivity index (χ4v) is 4.80. The Hall–Kier alpha value is -2.07. The van der Waals surface area contributed by atoms with Gasteiger partial charge in [-0.25, -0.2) is 8.78 Å². The molecule has 4 rings (SSSR count). The maximum absolute atomic E-state index is 13.9. The predicted octanol–water partition coefficient (Wildman–Crippen LogP) is 4.91. The van der Waals surface area contributed by atoms with Crippen molar-refractivity contribution in [2.75, 3.05) is 0 Å². The first-order chi connectivity index (χ1) is 13.1. The van der Waals surface area contributed by atoms with Gasteiger partial charge in [0.1, 0.15) is 17.4 Å². The minimum absolute atomic E-state index is 0.00755. The normalized spacial score (nSPS) is 25.3. The highest BCUT2D eigenvalue weighted by atomic mass is 19.1. The van der Waals surface area contributed by atoms with Crippen LogP contribution in [-0.2, 0) is 17.8 Å². The van der Waals surface area contributed by atoms with Crippen LogP contribution in [0.4, 0.5) is 8.78 Å². The Bertz CT molecular complexity index is 793. The molecule has 0 N–H and O–H groups in total. The number of fused-ring (bicyclic) bond motifs is 2. The molecular formula is C23H25F2NO. The Morgan fingerprint density at radius 2 is 1.70 bits per heavy atom. The summed E-state index contributed by atoms with van der Waals surface area (Å²) >= 11 is 0. The molecule has 0 amide bonds. The molecule has 2 aromatic rings. The summed E-state index contributed by atoms with van der Waals surface area (Å²) in [5.74, 6) is -0.981. The highest BCUT2D eigenvalue weighted by molar-refractivity contribution is 5.83. The summed E-state index contributed by atoms with van der Waals surface area (Å²) < 4.78 is 27.3. The molecule has 2 aliphatic rings. The lowest BCUT2D eigenvalue weighted by Gasteiger charge is -2.48. The monoisotopic (exact) mass is 369 g/mol. The third-order valence-electron chi connectivity index (χ3n) is 6.16. The third kappa shape index (κ3) is 4.11. The van der Waals surface area contributed by atoms with Gasteiger partial charge in [0.25, 0.3) is 0 Å². The smallest absolute Gasteiger partial charge is 0.140 e. The van der Waals surface area contributed by atoms with Crippen LogP contribution in [0.25, 0.3) is 0 Å². The largest absolute Gasteiger partial charge is 0.299 e. The van der Waals surface area contributed by atoms with Crippen molar-refractivity contribution in [2.45, 2.75) is 57.2 Å². The standard InChI is InChI=1S/C23H25F2NO/c24-19-9-10-22(25)17(11-19)14-23(27)18-12-20-7-4-8-21(13-18)26(20)15-16-5-2-1-3-6-16/h1-3,5-6,9-11,18,20-21H,4,7-8,12-15H2. The highest BCUT2D eigenvalue weighted by Gasteiger charge is 2.40. The fraction of sp³-hybridized carbons (Fsp3) is 0.435. The molecule has 0 aromatic heterocycles. The average Bonchev–Trinajstić information content (AvgIpc) is 2.65. The summed E-state index contributed by atoms with van der Waals surface area (Å²) in [5, 5.41) is 0. The SMILES string of the molecule is O=C(Cc1cc(F)ccc1F)C1CC2CCCC(C1)N2Cc1ccccc1. The molecule has 2 unspecified atom stereocenters. The number of carbonyl (C=O) groups excluding carboxylic acids is 1. The molecular weight excluding hydrogens is 344 g/mol. The summed E-state index contributed by atoms with van der Waals surface area (Å²) in [7, 11) is 0. The van der Waals surface area contributed by atoms with Crippen molar-refractivity contribution in [2.24, 2.45) is 5.92 Å². The van der Waals surface area contributed by atoms with E-state index in [0.29, 0.717) is 12.1 Å². The molecule has 0 radical (unpaired) electrons. The topological polar surface area (TPSA) is 20.3 Å². The molecule has 142 valence electrons. The van der Waals surface area contributed by atoms with Crippen molar-refractivity contribution in [1.82, 2.24) is 4.90 Å². The minimum atomic E-state index is -0.494. The second-order valence-electron chi connectivity index (χ2n) is 7.94. The van der Waals surface area contributed by atoms with Crippen LogP contribution in [0.1, 0.15) is 43.2 Å². The van der Waals surface area contributed by atoms with E-state index < -0.39 is 11.6 Å². The molecule has 2 bridgehead atoms. The summed E-state index contributed by atoms with van der Waals surface area (Å²) in [4.78, 5) is 15.4. The van der Waals surface area contributed by atoms with Crippen LogP contribution in [0, 0.1) is 17.6 Å². The summed E-state index contributed by atoms with van der Waals surface area (Å²) in [6, 6.07) is 14.6. The quantitative estimate of drug-likeness (QED) is 0.746. The van der Waals surface area contributed by atoms with Gasteiger partial charge >= 0.3 is 0 Å². The van der Waals surface area contributed by atoms with E-state index in [9.17, 15) is 13.6 Å². The van der Waals surface area contributed by atoms with Gasteiger partial charge in [-0.15, -0.1) is 0 Å². The molecule has 2 aromatic carbocycles. The Morgan fingerprint density at radius 1 is 1.00 bits per heavy atom. The van der Waals surface area contributed by atoms with Crippen molar-refractivity contribution >= 4 is 5.78 Å². The van der Waals surface area contributed by atoms with E-state index in [2.05, 4.69) is 29.2 Å². The Morgan fingerprint density at radius 3 is 2.41 bits per heavy atom. The first-order valence-electron chi connectivity index (χ1n) is 9.86. The van der Waals surface area contributed by atoms with Crippen LogP contribution in [0.5, 0.6) is 0 Å². The minimum Gasteiger partial charge on any atom is -0.299 e. The van der Waals surface area contributed by atoms with Crippen LogP contribution in [0.2, 0.25) is 0 Å². The van der Waals surface area contributed by atoms with E-state index in [1.807, 2.05) is 6.07 Å². The van der Waals surface area contributed by atoms with Gasteiger partial charge in [-0.2, -0.15) is 0 Å². The molecule has 2 atom stereocenters. The molecule has 27 heavy (non-hydrogen) atoms. The Kier molecular flexibility index (Phi) is 5.35. The van der Waals surface area contributed by atoms with Crippen LogP contribution < -0.4 is 0 Å². The van der Waals surface area contributed by atoms with Gasteiger partial charge in [0, 0.05) is 31.0 Å². The first-order valence-corrected chi connectivity index (χ1v) is 9.86. The van der Waals surface area contributed by atoms with E-state index in [0.717, 1.165) is 50.4 Å². The van der Waals surface area contributed by atoms with Crippen molar-refractivity contribution in [3.05, 3.63) is 71.3 Å². The van der Waals surface area contributed by atoms with Crippen LogP contribution in [-0.4, -0.2) is 22.8 Å². The first kappa shape index (κ1) is 18.3. The van der Waals surface area contributed by atoms with Gasteiger partial charge in [-0.1, -0.05) is 36.8 Å². The average molecular weight is 369 g/mol. The zero-order chi connectivity index (χ0) is 18.8. The second-order valence-corrected chi connectivity index (χ2v) is 7.94. The van der Waals surface area contributed by atoms with E-state index in [-0.39, 0.29) is 23.7 Å². The van der Waals surface area contributed by atoms with Gasteiger partial charge in [-0.05, 0) is 55.0 Å². The molecule has 2 aliphatic heterocycles. The maximum atomic E-state index is 13.9. The number of piperidine rings is 2. The van der Waals surface area contributed by atoms with Gasteiger partial charge < -0.3 is 0 Å². The van der Waals surface area contributed by atoms with Crippen molar-refractivity contribution in [3.8, 4) is 0 Å². The molecule has 0 aliphatic carbocycles. The number of nitrogens with zero attached hydrogens (tertiary/aromatic N) is 1. The van der Waals surface area contributed by atoms with Crippen LogP contribution >= 0.6 is 0 Å². The van der Waals surface area contributed by atoms with Crippen molar-refractivity contribution in [3.63, 3.8) is 0 Å². The lowest BCUT2D eigenvalue weighted by atomic mass is 9.75. The lowest BCUT2D eigenvalue weighted by Crippen LogP contribution is -2.52. The van der Waals surface area contributed by atoms with Gasteiger partial charge in [0.05, 0.1) is 0 Å². The van der Waals surface area contributed by atoms with E-state index in [1.165, 1.54) is 12.0 Å². The number of hydrogen-bond donors (Lipinski definition) is 0. The van der Waals surface area contributed by atoms with Gasteiger partial charge in [0.2, 0.25) is 0 Å². The molecule has 2 fully saturated rings. The molecule has 2 heterocycles. The van der Waals surface area contributed by atoms with Crippen LogP contribution in [0.3, 0.4) is 0 Å². The molecule has 0 spiro atoms. The summed E-state index contributed by atoms with van der Waals surface area (Å²) in [5.41, 5.74) is 1.48. The number of carbonyl (C=O) groups is 1. The van der Waals surface area contributed by atoms with Crippen molar-refractivity contribution in [1.29, 1.82) is 0 Å². The Labute approximate surface area is 159 Å². The zero-order valence-electron chi connectivity index (χ0n) is 15.4. The fourth-order valence-electron chi connectivity index (χ4n) is 4.80. The van der Waals surface area contributed by atoms with Gasteiger partial charge in [-0.3, -0.25) is 9.69 Å². The lowest BCUT2D eigenvalue weighted by molar-refractivity contribution is -0.126. The number of rotatable bonds is 5.